The number of aryl methyl sites for hydroxylation is 2. The van der Waals surface area contributed by atoms with Crippen LogP contribution < -0.4 is 0 Å². The largest absolute Gasteiger partial charge is 0.363 e. The van der Waals surface area contributed by atoms with Crippen molar-refractivity contribution in [3.8, 4) is 0 Å². The van der Waals surface area contributed by atoms with E-state index in [0.29, 0.717) is 5.75 Å². The Bertz CT molecular complexity index is 699. The van der Waals surface area contributed by atoms with Crippen LogP contribution in [0.4, 0.5) is 0 Å². The number of amides is 1. The summed E-state index contributed by atoms with van der Waals surface area (Å²) in [6.07, 6.45) is 4.06. The van der Waals surface area contributed by atoms with Crippen molar-refractivity contribution >= 4 is 33.6 Å². The van der Waals surface area contributed by atoms with Crippen LogP contribution in [0.15, 0.2) is 39.8 Å². The van der Waals surface area contributed by atoms with Gasteiger partial charge in [0, 0.05) is 27.8 Å². The van der Waals surface area contributed by atoms with Gasteiger partial charge in [-0.15, -0.1) is 11.8 Å². The number of nitrogens with one attached hydrogen (secondary N) is 1. The molecule has 1 aromatic heterocycles. The molecule has 2 aromatic rings. The molecule has 0 spiro atoms. The standard InChI is InChI=1S/C18H21BrN2OS/c1-12-10-17(13(2)9-14(12)19)23-11-18(22)21-8-4-6-16(21)15-5-3-7-20-15/h3,5,7,9-10,16,20H,4,6,8,11H2,1-2H3. The average Bonchev–Trinajstić information content (AvgIpc) is 3.19. The number of halogens is 1. The van der Waals surface area contributed by atoms with Gasteiger partial charge in [0.2, 0.25) is 5.91 Å². The minimum atomic E-state index is 0.214. The Morgan fingerprint density at radius 2 is 2.22 bits per heavy atom. The van der Waals surface area contributed by atoms with E-state index in [9.17, 15) is 4.79 Å². The van der Waals surface area contributed by atoms with Crippen LogP contribution >= 0.6 is 27.7 Å². The first kappa shape index (κ1) is 16.7. The van der Waals surface area contributed by atoms with Gasteiger partial charge in [-0.2, -0.15) is 0 Å². The molecule has 122 valence electrons. The van der Waals surface area contributed by atoms with E-state index in [1.807, 2.05) is 17.2 Å². The maximum absolute atomic E-state index is 12.7. The highest BCUT2D eigenvalue weighted by Gasteiger charge is 2.30. The van der Waals surface area contributed by atoms with E-state index in [-0.39, 0.29) is 11.9 Å². The van der Waals surface area contributed by atoms with Crippen LogP contribution in [-0.4, -0.2) is 28.1 Å². The van der Waals surface area contributed by atoms with Crippen molar-refractivity contribution in [1.82, 2.24) is 9.88 Å². The van der Waals surface area contributed by atoms with Gasteiger partial charge in [-0.3, -0.25) is 4.79 Å². The number of carbonyl (C=O) groups is 1. The molecule has 3 rings (SSSR count). The second-order valence-electron chi connectivity index (χ2n) is 6.03. The first-order chi connectivity index (χ1) is 11.1. The van der Waals surface area contributed by atoms with E-state index in [4.69, 9.17) is 0 Å². The van der Waals surface area contributed by atoms with E-state index in [0.717, 1.165) is 29.6 Å². The summed E-state index contributed by atoms with van der Waals surface area (Å²) in [5.41, 5.74) is 3.56. The smallest absolute Gasteiger partial charge is 0.233 e. The van der Waals surface area contributed by atoms with Crippen molar-refractivity contribution < 1.29 is 4.79 Å². The van der Waals surface area contributed by atoms with Crippen LogP contribution in [0.25, 0.3) is 0 Å². The predicted octanol–water partition coefficient (Wildman–Crippen LogP) is 4.85. The molecule has 1 aliphatic heterocycles. The van der Waals surface area contributed by atoms with Gasteiger partial charge in [0.25, 0.3) is 0 Å². The lowest BCUT2D eigenvalue weighted by Gasteiger charge is -2.24. The molecular weight excluding hydrogens is 372 g/mol. The third-order valence-corrected chi connectivity index (χ3v) is 6.36. The number of carbonyl (C=O) groups excluding carboxylic acids is 1. The van der Waals surface area contributed by atoms with Crippen LogP contribution in [0.1, 0.15) is 35.7 Å². The Morgan fingerprint density at radius 3 is 2.96 bits per heavy atom. The van der Waals surface area contributed by atoms with Crippen LogP contribution in [0.5, 0.6) is 0 Å². The van der Waals surface area contributed by atoms with Gasteiger partial charge in [0.05, 0.1) is 11.8 Å². The average molecular weight is 393 g/mol. The molecule has 1 aliphatic rings. The second kappa shape index (κ2) is 7.14. The second-order valence-corrected chi connectivity index (χ2v) is 7.90. The zero-order valence-electron chi connectivity index (χ0n) is 13.4. The minimum Gasteiger partial charge on any atom is -0.363 e. The SMILES string of the molecule is Cc1cc(SCC(=O)N2CCCC2c2ccc[nH]2)c(C)cc1Br. The molecule has 2 heterocycles. The Kier molecular flexibility index (Phi) is 5.17. The zero-order valence-corrected chi connectivity index (χ0v) is 15.8. The van der Waals surface area contributed by atoms with Crippen molar-refractivity contribution in [1.29, 1.82) is 0 Å². The summed E-state index contributed by atoms with van der Waals surface area (Å²) in [6, 6.07) is 8.57. The molecule has 0 radical (unpaired) electrons. The number of aromatic nitrogens is 1. The minimum absolute atomic E-state index is 0.214. The molecule has 0 aliphatic carbocycles. The zero-order chi connectivity index (χ0) is 16.4. The molecule has 1 unspecified atom stereocenters. The van der Waals surface area contributed by atoms with Gasteiger partial charge >= 0.3 is 0 Å². The molecule has 1 N–H and O–H groups in total. The molecule has 1 saturated heterocycles. The molecule has 0 bridgehead atoms. The van der Waals surface area contributed by atoms with Crippen molar-refractivity contribution in [2.24, 2.45) is 0 Å². The maximum atomic E-state index is 12.7. The first-order valence-electron chi connectivity index (χ1n) is 7.88. The van der Waals surface area contributed by atoms with E-state index in [1.54, 1.807) is 11.8 Å². The number of aromatic amines is 1. The number of nitrogens with zero attached hydrogens (tertiary/aromatic N) is 1. The van der Waals surface area contributed by atoms with Crippen LogP contribution in [0.3, 0.4) is 0 Å². The lowest BCUT2D eigenvalue weighted by molar-refractivity contribution is -0.129. The number of hydrogen-bond donors (Lipinski definition) is 1. The molecule has 3 nitrogen and oxygen atoms in total. The molecule has 5 heteroatoms. The molecule has 23 heavy (non-hydrogen) atoms. The van der Waals surface area contributed by atoms with Crippen LogP contribution in [0, 0.1) is 13.8 Å². The van der Waals surface area contributed by atoms with Crippen LogP contribution in [0.2, 0.25) is 0 Å². The fourth-order valence-electron chi connectivity index (χ4n) is 3.07. The molecule has 1 fully saturated rings. The Hall–Kier alpha value is -1.20. The van der Waals surface area contributed by atoms with Crippen molar-refractivity contribution in [3.63, 3.8) is 0 Å². The topological polar surface area (TPSA) is 36.1 Å². The van der Waals surface area contributed by atoms with Crippen molar-refractivity contribution in [3.05, 3.63) is 51.8 Å². The van der Waals surface area contributed by atoms with E-state index in [2.05, 4.69) is 53.0 Å². The summed E-state index contributed by atoms with van der Waals surface area (Å²) in [5.74, 6) is 0.728. The lowest BCUT2D eigenvalue weighted by atomic mass is 10.1. The Balaban J connectivity index is 1.66. The number of thioether (sulfide) groups is 1. The Labute approximate surface area is 150 Å². The number of likely N-dealkylation sites (tertiary alicyclic amines) is 1. The summed E-state index contributed by atoms with van der Waals surface area (Å²) in [5, 5.41) is 0. The summed E-state index contributed by atoms with van der Waals surface area (Å²) >= 11 is 5.20. The molecule has 0 saturated carbocycles. The van der Waals surface area contributed by atoms with Gasteiger partial charge in [0.15, 0.2) is 0 Å². The first-order valence-corrected chi connectivity index (χ1v) is 9.66. The van der Waals surface area contributed by atoms with Crippen LogP contribution in [-0.2, 0) is 4.79 Å². The number of benzene rings is 1. The van der Waals surface area contributed by atoms with E-state index in [1.165, 1.54) is 16.0 Å². The number of hydrogen-bond acceptors (Lipinski definition) is 2. The van der Waals surface area contributed by atoms with E-state index >= 15 is 0 Å². The van der Waals surface area contributed by atoms with Gasteiger partial charge in [-0.25, -0.2) is 0 Å². The highest BCUT2D eigenvalue weighted by atomic mass is 79.9. The van der Waals surface area contributed by atoms with E-state index < -0.39 is 0 Å². The summed E-state index contributed by atoms with van der Waals surface area (Å²) in [7, 11) is 0. The summed E-state index contributed by atoms with van der Waals surface area (Å²) in [6.45, 7) is 5.03. The van der Waals surface area contributed by atoms with Crippen molar-refractivity contribution in [2.45, 2.75) is 37.6 Å². The van der Waals surface area contributed by atoms with Gasteiger partial charge < -0.3 is 9.88 Å². The third-order valence-electron chi connectivity index (χ3n) is 4.36. The van der Waals surface area contributed by atoms with Gasteiger partial charge in [-0.1, -0.05) is 15.9 Å². The molecular formula is C18H21BrN2OS. The maximum Gasteiger partial charge on any atom is 0.233 e. The van der Waals surface area contributed by atoms with Gasteiger partial charge in [-0.05, 0) is 62.1 Å². The third kappa shape index (κ3) is 3.66. The monoisotopic (exact) mass is 392 g/mol. The highest BCUT2D eigenvalue weighted by Crippen LogP contribution is 2.33. The predicted molar refractivity (Wildman–Crippen MR) is 98.8 cm³/mol. The highest BCUT2D eigenvalue weighted by molar-refractivity contribution is 9.10. The Morgan fingerprint density at radius 1 is 1.39 bits per heavy atom. The molecule has 1 aromatic carbocycles. The molecule has 1 atom stereocenters. The normalized spacial score (nSPS) is 17.7. The molecule has 1 amide bonds. The van der Waals surface area contributed by atoms with Gasteiger partial charge in [0.1, 0.15) is 0 Å². The summed E-state index contributed by atoms with van der Waals surface area (Å²) in [4.78, 5) is 19.1. The quantitative estimate of drug-likeness (QED) is 0.754. The van der Waals surface area contributed by atoms with Crippen molar-refractivity contribution in [2.75, 3.05) is 12.3 Å². The number of H-pyrrole nitrogens is 1. The number of rotatable bonds is 4. The fraction of sp³-hybridized carbons (Fsp3) is 0.389. The lowest BCUT2D eigenvalue weighted by Crippen LogP contribution is -2.32. The fourth-order valence-corrected chi connectivity index (χ4v) is 4.52. The summed E-state index contributed by atoms with van der Waals surface area (Å²) < 4.78 is 1.12.